The maximum absolute atomic E-state index is 5.71. The molecule has 0 unspecified atom stereocenters. The molecule has 4 heteroatoms. The summed E-state index contributed by atoms with van der Waals surface area (Å²) in [7, 11) is 0. The highest BCUT2D eigenvalue weighted by Crippen LogP contribution is 2.25. The van der Waals surface area contributed by atoms with E-state index < -0.39 is 0 Å². The Morgan fingerprint density at radius 1 is 1.35 bits per heavy atom. The van der Waals surface area contributed by atoms with Crippen LogP contribution >= 0.6 is 0 Å². The summed E-state index contributed by atoms with van der Waals surface area (Å²) in [5.74, 6) is 0.960. The number of anilines is 1. The van der Waals surface area contributed by atoms with E-state index in [-0.39, 0.29) is 0 Å². The summed E-state index contributed by atoms with van der Waals surface area (Å²) in [5, 5.41) is 11.1. The van der Waals surface area contributed by atoms with Gasteiger partial charge in [-0.3, -0.25) is 5.10 Å². The highest BCUT2D eigenvalue weighted by Gasteiger charge is 2.09. The summed E-state index contributed by atoms with van der Waals surface area (Å²) in [6.45, 7) is 2.73. The van der Waals surface area contributed by atoms with E-state index in [1.54, 1.807) is 6.20 Å². The molecule has 3 rings (SSSR count). The van der Waals surface area contributed by atoms with E-state index in [1.807, 2.05) is 31.3 Å². The minimum Gasteiger partial charge on any atom is -0.461 e. The van der Waals surface area contributed by atoms with Crippen molar-refractivity contribution in [3.63, 3.8) is 0 Å². The molecule has 17 heavy (non-hydrogen) atoms. The Labute approximate surface area is 98.6 Å². The molecule has 2 N–H and O–H groups in total. The fraction of sp³-hybridized carbons (Fsp3) is 0.154. The van der Waals surface area contributed by atoms with E-state index in [1.165, 1.54) is 10.9 Å². The first-order valence-electron chi connectivity index (χ1n) is 5.54. The fourth-order valence-corrected chi connectivity index (χ4v) is 1.98. The van der Waals surface area contributed by atoms with Gasteiger partial charge in [-0.2, -0.15) is 5.10 Å². The smallest absolute Gasteiger partial charge is 0.134 e. The summed E-state index contributed by atoms with van der Waals surface area (Å²) in [4.78, 5) is 0. The summed E-state index contributed by atoms with van der Waals surface area (Å²) in [5.41, 5.74) is 3.12. The van der Waals surface area contributed by atoms with Crippen LogP contribution in [-0.2, 0) is 6.54 Å². The number of nitrogens with one attached hydrogen (secondary N) is 2. The first kappa shape index (κ1) is 9.96. The fourth-order valence-electron chi connectivity index (χ4n) is 1.98. The molecule has 2 heterocycles. The van der Waals surface area contributed by atoms with Crippen molar-refractivity contribution in [1.29, 1.82) is 0 Å². The second-order valence-electron chi connectivity index (χ2n) is 3.97. The zero-order valence-corrected chi connectivity index (χ0v) is 9.53. The normalized spacial score (nSPS) is 10.9. The van der Waals surface area contributed by atoms with Gasteiger partial charge in [0.2, 0.25) is 0 Å². The molecule has 0 radical (unpaired) electrons. The van der Waals surface area contributed by atoms with Crippen molar-refractivity contribution in [3.05, 3.63) is 48.0 Å². The third-order valence-corrected chi connectivity index (χ3v) is 2.87. The molecular formula is C13H13N3O. The highest BCUT2D eigenvalue weighted by atomic mass is 16.3. The number of furan rings is 1. The van der Waals surface area contributed by atoms with Crippen LogP contribution in [0.15, 0.2) is 41.1 Å². The van der Waals surface area contributed by atoms with Crippen LogP contribution in [0, 0.1) is 6.92 Å². The van der Waals surface area contributed by atoms with Crippen LogP contribution in [0.25, 0.3) is 11.0 Å². The number of aromatic amines is 1. The lowest BCUT2D eigenvalue weighted by Crippen LogP contribution is -1.98. The van der Waals surface area contributed by atoms with Gasteiger partial charge in [0, 0.05) is 23.7 Å². The van der Waals surface area contributed by atoms with Gasteiger partial charge in [-0.05, 0) is 13.0 Å². The van der Waals surface area contributed by atoms with Crippen LogP contribution in [0.4, 0.5) is 5.69 Å². The number of nitrogens with zero attached hydrogens (tertiary/aromatic N) is 1. The number of rotatable bonds is 3. The Kier molecular flexibility index (Phi) is 2.33. The number of benzene rings is 1. The molecule has 0 fully saturated rings. The molecule has 0 aliphatic heterocycles. The molecule has 0 saturated carbocycles. The zero-order valence-electron chi connectivity index (χ0n) is 9.53. The predicted molar refractivity (Wildman–Crippen MR) is 66.9 cm³/mol. The topological polar surface area (TPSA) is 53.9 Å². The lowest BCUT2D eigenvalue weighted by Gasteiger charge is -2.02. The molecule has 86 valence electrons. The molecule has 0 amide bonds. The van der Waals surface area contributed by atoms with E-state index in [4.69, 9.17) is 4.42 Å². The Morgan fingerprint density at radius 2 is 2.24 bits per heavy atom. The van der Waals surface area contributed by atoms with Crippen molar-refractivity contribution in [2.45, 2.75) is 13.5 Å². The van der Waals surface area contributed by atoms with Gasteiger partial charge in [-0.15, -0.1) is 0 Å². The second kappa shape index (κ2) is 3.97. The lowest BCUT2D eigenvalue weighted by molar-refractivity contribution is 0.573. The molecule has 4 nitrogen and oxygen atoms in total. The van der Waals surface area contributed by atoms with Crippen molar-refractivity contribution in [2.75, 3.05) is 5.32 Å². The van der Waals surface area contributed by atoms with Gasteiger partial charge in [-0.25, -0.2) is 0 Å². The Balaban J connectivity index is 1.92. The summed E-state index contributed by atoms with van der Waals surface area (Å²) < 4.78 is 5.71. The molecule has 0 saturated heterocycles. The van der Waals surface area contributed by atoms with Crippen LogP contribution < -0.4 is 5.32 Å². The van der Waals surface area contributed by atoms with E-state index in [0.29, 0.717) is 0 Å². The van der Waals surface area contributed by atoms with Crippen molar-refractivity contribution in [3.8, 4) is 0 Å². The monoisotopic (exact) mass is 227 g/mol. The van der Waals surface area contributed by atoms with E-state index in [2.05, 4.69) is 21.6 Å². The number of aromatic nitrogens is 2. The first-order valence-corrected chi connectivity index (χ1v) is 5.54. The average Bonchev–Trinajstić information content (AvgIpc) is 2.93. The summed E-state index contributed by atoms with van der Waals surface area (Å²) in [6.07, 6.45) is 3.59. The van der Waals surface area contributed by atoms with Gasteiger partial charge in [0.1, 0.15) is 11.3 Å². The van der Waals surface area contributed by atoms with Crippen LogP contribution in [0.1, 0.15) is 11.3 Å². The first-order chi connectivity index (χ1) is 8.34. The number of para-hydroxylation sites is 1. The number of aryl methyl sites for hydroxylation is 1. The summed E-state index contributed by atoms with van der Waals surface area (Å²) >= 11 is 0. The van der Waals surface area contributed by atoms with Crippen molar-refractivity contribution in [1.82, 2.24) is 10.2 Å². The standard InChI is InChI=1S/C13H13N3O/c1-9-12(8-14-10-6-15-16-7-10)11-4-2-3-5-13(11)17-9/h2-7,14H,8H2,1H3,(H,15,16). The molecule has 3 aromatic rings. The van der Waals surface area contributed by atoms with Gasteiger partial charge < -0.3 is 9.73 Å². The highest BCUT2D eigenvalue weighted by molar-refractivity contribution is 5.82. The minimum absolute atomic E-state index is 0.738. The van der Waals surface area contributed by atoms with Gasteiger partial charge in [0.25, 0.3) is 0 Å². The van der Waals surface area contributed by atoms with Gasteiger partial charge in [0.15, 0.2) is 0 Å². The maximum Gasteiger partial charge on any atom is 0.134 e. The van der Waals surface area contributed by atoms with Crippen LogP contribution in [0.3, 0.4) is 0 Å². The number of hydrogen-bond acceptors (Lipinski definition) is 3. The molecular weight excluding hydrogens is 214 g/mol. The third-order valence-electron chi connectivity index (χ3n) is 2.87. The molecule has 2 aromatic heterocycles. The average molecular weight is 227 g/mol. The number of H-pyrrole nitrogens is 1. The third kappa shape index (κ3) is 1.78. The number of hydrogen-bond donors (Lipinski definition) is 2. The van der Waals surface area contributed by atoms with Crippen LogP contribution in [0.2, 0.25) is 0 Å². The number of fused-ring (bicyclic) bond motifs is 1. The maximum atomic E-state index is 5.71. The van der Waals surface area contributed by atoms with Crippen LogP contribution in [-0.4, -0.2) is 10.2 Å². The van der Waals surface area contributed by atoms with Gasteiger partial charge in [-0.1, -0.05) is 18.2 Å². The SMILES string of the molecule is Cc1oc2ccccc2c1CNc1cn[nH]c1. The Hall–Kier alpha value is -2.23. The molecule has 0 aliphatic carbocycles. The van der Waals surface area contributed by atoms with Crippen molar-refractivity contribution in [2.24, 2.45) is 0 Å². The van der Waals surface area contributed by atoms with Gasteiger partial charge >= 0.3 is 0 Å². The largest absolute Gasteiger partial charge is 0.461 e. The summed E-state index contributed by atoms with van der Waals surface area (Å²) in [6, 6.07) is 8.08. The zero-order chi connectivity index (χ0) is 11.7. The van der Waals surface area contributed by atoms with Crippen LogP contribution in [0.5, 0.6) is 0 Å². The van der Waals surface area contributed by atoms with E-state index in [9.17, 15) is 0 Å². The lowest BCUT2D eigenvalue weighted by atomic mass is 10.1. The van der Waals surface area contributed by atoms with Gasteiger partial charge in [0.05, 0.1) is 11.9 Å². The van der Waals surface area contributed by atoms with Crippen molar-refractivity contribution < 1.29 is 4.42 Å². The second-order valence-corrected chi connectivity index (χ2v) is 3.97. The minimum atomic E-state index is 0.738. The molecule has 0 bridgehead atoms. The van der Waals surface area contributed by atoms with E-state index in [0.717, 1.165) is 23.6 Å². The Morgan fingerprint density at radius 3 is 3.06 bits per heavy atom. The molecule has 1 aromatic carbocycles. The van der Waals surface area contributed by atoms with E-state index >= 15 is 0 Å². The molecule has 0 spiro atoms. The van der Waals surface area contributed by atoms with Crippen molar-refractivity contribution >= 4 is 16.7 Å². The molecule has 0 aliphatic rings. The predicted octanol–water partition coefficient (Wildman–Crippen LogP) is 3.08. The Bertz CT molecular complexity index is 625. The molecule has 0 atom stereocenters. The quantitative estimate of drug-likeness (QED) is 0.723.